The van der Waals surface area contributed by atoms with Gasteiger partial charge in [-0.15, -0.1) is 0 Å². The molecule has 10 heteroatoms. The average molecular weight is 643 g/mol. The van der Waals surface area contributed by atoms with Crippen molar-refractivity contribution < 1.29 is 28.8 Å². The lowest BCUT2D eigenvalue weighted by Gasteiger charge is -2.26. The summed E-state index contributed by atoms with van der Waals surface area (Å²) in [7, 11) is 0. The average Bonchev–Trinajstić information content (AvgIpc) is 3.51. The summed E-state index contributed by atoms with van der Waals surface area (Å²) in [5.41, 5.74) is 2.19. The molecule has 2 heterocycles. The molecule has 0 fully saturated rings. The van der Waals surface area contributed by atoms with E-state index < -0.39 is 47.5 Å². The topological polar surface area (TPSA) is 133 Å². The zero-order valence-corrected chi connectivity index (χ0v) is 26.1. The molecule has 2 unspecified atom stereocenters. The van der Waals surface area contributed by atoms with Gasteiger partial charge in [-0.05, 0) is 48.2 Å². The molecule has 6 rings (SSSR count). The number of hydrogen-bond donors (Lipinski definition) is 2. The molecule has 0 saturated carbocycles. The van der Waals surface area contributed by atoms with E-state index in [9.17, 15) is 28.8 Å². The van der Waals surface area contributed by atoms with Gasteiger partial charge in [0.2, 0.25) is 11.8 Å². The smallest absolute Gasteiger partial charge is 0.262 e. The van der Waals surface area contributed by atoms with Crippen LogP contribution in [0.15, 0.2) is 109 Å². The predicted octanol–water partition coefficient (Wildman–Crippen LogP) is 4.85. The zero-order valence-electron chi connectivity index (χ0n) is 26.1. The van der Waals surface area contributed by atoms with Gasteiger partial charge in [-0.25, -0.2) is 0 Å². The molecule has 0 aromatic heterocycles. The Morgan fingerprint density at radius 2 is 0.729 bits per heavy atom. The van der Waals surface area contributed by atoms with Crippen LogP contribution in [0, 0.1) is 0 Å². The number of imide groups is 2. The van der Waals surface area contributed by atoms with Crippen molar-refractivity contribution in [3.63, 3.8) is 0 Å². The second-order valence-electron chi connectivity index (χ2n) is 11.7. The molecule has 10 nitrogen and oxygen atoms in total. The number of nitrogens with one attached hydrogen (secondary N) is 2. The quantitative estimate of drug-likeness (QED) is 0.158. The highest BCUT2D eigenvalue weighted by atomic mass is 16.2. The Balaban J connectivity index is 0.999. The first kappa shape index (κ1) is 32.1. The fourth-order valence-corrected chi connectivity index (χ4v) is 6.21. The molecule has 2 N–H and O–H groups in total. The summed E-state index contributed by atoms with van der Waals surface area (Å²) in [6, 6.07) is 28.4. The van der Waals surface area contributed by atoms with Gasteiger partial charge in [-0.3, -0.25) is 38.6 Å². The monoisotopic (exact) mass is 642 g/mol. The molecule has 0 bridgehead atoms. The van der Waals surface area contributed by atoms with E-state index in [-0.39, 0.29) is 22.3 Å². The van der Waals surface area contributed by atoms with Crippen molar-refractivity contribution in [1.82, 2.24) is 20.4 Å². The van der Waals surface area contributed by atoms with E-state index in [1.165, 1.54) is 0 Å². The summed E-state index contributed by atoms with van der Waals surface area (Å²) in [6.07, 6.45) is 2.79. The van der Waals surface area contributed by atoms with Gasteiger partial charge >= 0.3 is 0 Å². The first-order valence-electron chi connectivity index (χ1n) is 16.0. The second-order valence-corrected chi connectivity index (χ2v) is 11.7. The highest BCUT2D eigenvalue weighted by molar-refractivity contribution is 6.23. The van der Waals surface area contributed by atoms with Gasteiger partial charge in [0.1, 0.15) is 12.1 Å². The Morgan fingerprint density at radius 1 is 0.438 bits per heavy atom. The van der Waals surface area contributed by atoms with Gasteiger partial charge in [0.15, 0.2) is 0 Å². The van der Waals surface area contributed by atoms with Crippen molar-refractivity contribution in [3.8, 4) is 0 Å². The van der Waals surface area contributed by atoms with Crippen LogP contribution in [0.4, 0.5) is 0 Å². The lowest BCUT2D eigenvalue weighted by atomic mass is 10.0. The first-order valence-corrected chi connectivity index (χ1v) is 16.0. The van der Waals surface area contributed by atoms with E-state index in [0.29, 0.717) is 37.1 Å². The summed E-state index contributed by atoms with van der Waals surface area (Å²) in [6.45, 7) is 0.682. The largest absolute Gasteiger partial charge is 0.354 e. The fraction of sp³-hybridized carbons (Fsp3) is 0.211. The fourth-order valence-electron chi connectivity index (χ4n) is 6.21. The number of carbonyl (C=O) groups is 6. The number of hydrogen-bond acceptors (Lipinski definition) is 6. The van der Waals surface area contributed by atoms with Crippen LogP contribution in [-0.2, 0) is 9.59 Å². The Kier molecular flexibility index (Phi) is 9.52. The molecular weight excluding hydrogens is 608 g/mol. The van der Waals surface area contributed by atoms with Gasteiger partial charge in [0, 0.05) is 13.1 Å². The number of rotatable bonds is 13. The van der Waals surface area contributed by atoms with Crippen molar-refractivity contribution >= 4 is 35.4 Å². The third kappa shape index (κ3) is 6.24. The van der Waals surface area contributed by atoms with Crippen LogP contribution in [0.2, 0.25) is 0 Å². The number of unbranched alkanes of at least 4 members (excludes halogenated alkanes) is 3. The summed E-state index contributed by atoms with van der Waals surface area (Å²) in [5.74, 6) is -2.89. The Hall–Kier alpha value is -5.90. The van der Waals surface area contributed by atoms with Gasteiger partial charge in [-0.2, -0.15) is 0 Å². The van der Waals surface area contributed by atoms with Crippen LogP contribution in [0.1, 0.15) is 90.3 Å². The number of carbonyl (C=O) groups excluding carboxylic acids is 6. The Labute approximate surface area is 277 Å². The second kappa shape index (κ2) is 14.3. The molecule has 2 aliphatic heterocycles. The van der Waals surface area contributed by atoms with E-state index in [1.807, 2.05) is 0 Å². The van der Waals surface area contributed by atoms with E-state index >= 15 is 0 Å². The van der Waals surface area contributed by atoms with Crippen molar-refractivity contribution in [3.05, 3.63) is 143 Å². The van der Waals surface area contributed by atoms with Crippen LogP contribution in [0.3, 0.4) is 0 Å². The molecular formula is C38H34N4O6. The molecule has 0 aliphatic carbocycles. The van der Waals surface area contributed by atoms with Crippen molar-refractivity contribution in [2.75, 3.05) is 13.1 Å². The molecule has 48 heavy (non-hydrogen) atoms. The molecule has 0 radical (unpaired) electrons. The molecule has 4 aromatic rings. The van der Waals surface area contributed by atoms with E-state index in [0.717, 1.165) is 22.6 Å². The molecule has 242 valence electrons. The van der Waals surface area contributed by atoms with Gasteiger partial charge in [0.05, 0.1) is 22.3 Å². The number of fused-ring (bicyclic) bond motifs is 2. The lowest BCUT2D eigenvalue weighted by Crippen LogP contribution is -2.43. The SMILES string of the molecule is O=C(NCCCCCCNC(=O)C(c1ccccc1)N1C(=O)c2ccccc2C1=O)C(c1ccccc1)N1C(=O)c2ccccc2C1=O. The number of nitrogens with zero attached hydrogens (tertiary/aromatic N) is 2. The molecule has 2 aliphatic rings. The van der Waals surface area contributed by atoms with Crippen LogP contribution >= 0.6 is 0 Å². The van der Waals surface area contributed by atoms with E-state index in [4.69, 9.17) is 0 Å². The maximum absolute atomic E-state index is 13.4. The van der Waals surface area contributed by atoms with Crippen molar-refractivity contribution in [2.45, 2.75) is 37.8 Å². The molecule has 4 aromatic carbocycles. The van der Waals surface area contributed by atoms with Crippen LogP contribution in [0.5, 0.6) is 0 Å². The van der Waals surface area contributed by atoms with E-state index in [1.54, 1.807) is 109 Å². The van der Waals surface area contributed by atoms with Crippen molar-refractivity contribution in [1.29, 1.82) is 0 Å². The van der Waals surface area contributed by atoms with Crippen LogP contribution < -0.4 is 10.6 Å². The third-order valence-electron chi connectivity index (χ3n) is 8.60. The lowest BCUT2D eigenvalue weighted by molar-refractivity contribution is -0.125. The summed E-state index contributed by atoms with van der Waals surface area (Å²) in [5, 5.41) is 5.78. The van der Waals surface area contributed by atoms with Crippen LogP contribution in [-0.4, -0.2) is 58.3 Å². The molecule has 0 saturated heterocycles. The summed E-state index contributed by atoms with van der Waals surface area (Å²) in [4.78, 5) is 81.7. The summed E-state index contributed by atoms with van der Waals surface area (Å²) < 4.78 is 0. The zero-order chi connectivity index (χ0) is 33.6. The Morgan fingerprint density at radius 3 is 1.04 bits per heavy atom. The van der Waals surface area contributed by atoms with Gasteiger partial charge < -0.3 is 10.6 Å². The minimum atomic E-state index is -1.10. The highest BCUT2D eigenvalue weighted by Crippen LogP contribution is 2.33. The number of amides is 6. The first-order chi connectivity index (χ1) is 23.4. The number of benzene rings is 4. The van der Waals surface area contributed by atoms with Gasteiger partial charge in [0.25, 0.3) is 23.6 Å². The predicted molar refractivity (Wildman–Crippen MR) is 177 cm³/mol. The molecule has 2 atom stereocenters. The molecule has 0 spiro atoms. The molecule has 6 amide bonds. The summed E-state index contributed by atoms with van der Waals surface area (Å²) >= 11 is 0. The van der Waals surface area contributed by atoms with E-state index in [2.05, 4.69) is 10.6 Å². The third-order valence-corrected chi connectivity index (χ3v) is 8.60. The maximum Gasteiger partial charge on any atom is 0.262 e. The Bertz CT molecular complexity index is 1670. The van der Waals surface area contributed by atoms with Gasteiger partial charge in [-0.1, -0.05) is 97.8 Å². The van der Waals surface area contributed by atoms with Crippen LogP contribution in [0.25, 0.3) is 0 Å². The standard InChI is InChI=1S/C38H34N4O6/c43-33(31(25-15-5-3-6-16-25)41-35(45)27-19-9-10-20-28(27)36(41)46)39-23-13-1-2-14-24-40-34(44)32(26-17-7-4-8-18-26)42-37(47)29-21-11-12-22-30(29)38(42)48/h3-12,15-22,31-32H,1-2,13-14,23-24H2,(H,39,43)(H,40,44). The normalized spacial score (nSPS) is 14.8. The minimum Gasteiger partial charge on any atom is -0.354 e. The van der Waals surface area contributed by atoms with Crippen molar-refractivity contribution in [2.24, 2.45) is 0 Å². The minimum absolute atomic E-state index is 0.280. The maximum atomic E-state index is 13.4. The highest BCUT2D eigenvalue weighted by Gasteiger charge is 2.44.